The van der Waals surface area contributed by atoms with E-state index in [1.165, 1.54) is 40.0 Å². The maximum atomic E-state index is 14.9. The number of hydrogen-bond acceptors (Lipinski definition) is 8. The molecule has 0 bridgehead atoms. The minimum atomic E-state index is -1.66. The average Bonchev–Trinajstić information content (AvgIpc) is 3.61. The number of hydrogen-bond donors (Lipinski definition) is 1. The topological polar surface area (TPSA) is 97.2 Å². The molecule has 1 saturated heterocycles. The summed E-state index contributed by atoms with van der Waals surface area (Å²) in [5, 5.41) is 19.6. The summed E-state index contributed by atoms with van der Waals surface area (Å²) in [6.07, 6.45) is 6.27. The Morgan fingerprint density at radius 1 is 1.02 bits per heavy atom. The van der Waals surface area contributed by atoms with E-state index >= 15 is 0 Å². The molecule has 3 heterocycles. The summed E-state index contributed by atoms with van der Waals surface area (Å²) in [6, 6.07) is 11.1. The van der Waals surface area contributed by atoms with E-state index in [9.17, 15) is 18.7 Å². The van der Waals surface area contributed by atoms with E-state index in [1.807, 2.05) is 31.2 Å². The van der Waals surface area contributed by atoms with E-state index in [0.717, 1.165) is 49.4 Å². The highest BCUT2D eigenvalue weighted by atomic mass is 32.2. The number of nitrogens with zero attached hydrogens (tertiary/aromatic N) is 8. The summed E-state index contributed by atoms with van der Waals surface area (Å²) >= 11 is 1.45. The lowest BCUT2D eigenvalue weighted by Gasteiger charge is -2.40. The molecule has 0 radical (unpaired) electrons. The maximum Gasteiger partial charge on any atom is 0.350 e. The molecule has 5 rings (SSSR count). The number of rotatable bonds is 11. The number of aromatic nitrogens is 6. The molecule has 218 valence electrons. The molecule has 0 unspecified atom stereocenters. The van der Waals surface area contributed by atoms with Crippen molar-refractivity contribution in [2.45, 2.75) is 50.6 Å². The lowest BCUT2D eigenvalue weighted by Crippen LogP contribution is -2.47. The largest absolute Gasteiger partial charge is 0.382 e. The monoisotopic (exact) mass is 584 g/mol. The molecule has 0 amide bonds. The Balaban J connectivity index is 1.23. The van der Waals surface area contributed by atoms with Crippen molar-refractivity contribution >= 4 is 17.6 Å². The highest BCUT2D eigenvalue weighted by Crippen LogP contribution is 2.38. The van der Waals surface area contributed by atoms with Gasteiger partial charge in [-0.2, -0.15) is 10.2 Å². The van der Waals surface area contributed by atoms with Gasteiger partial charge >= 0.3 is 5.69 Å². The zero-order valence-corrected chi connectivity index (χ0v) is 23.9. The van der Waals surface area contributed by atoms with E-state index < -0.39 is 22.5 Å². The molecule has 1 fully saturated rings. The first-order valence-corrected chi connectivity index (χ1v) is 14.5. The lowest BCUT2D eigenvalue weighted by atomic mass is 9.90. The van der Waals surface area contributed by atoms with Gasteiger partial charge < -0.3 is 10.0 Å². The Hall–Kier alpha value is -3.55. The van der Waals surface area contributed by atoms with E-state index in [0.29, 0.717) is 19.6 Å². The quantitative estimate of drug-likeness (QED) is 0.268. The second kappa shape index (κ2) is 12.5. The first-order chi connectivity index (χ1) is 19.8. The second-order valence-corrected chi connectivity index (χ2v) is 11.6. The number of unbranched alkanes of at least 4 members (excludes halogenated alkanes) is 1. The van der Waals surface area contributed by atoms with E-state index in [-0.39, 0.29) is 17.8 Å². The molecule has 2 aromatic heterocycles. The molecule has 1 aliphatic rings. The SMILES string of the molecule is CCCCn1ncn(-c2ccc(N3CCN(S[C@H](C)[C@](O)(Cn4cncn4)c4ccc(F)cc4F)CC3)cc2)c1=O. The highest BCUT2D eigenvalue weighted by molar-refractivity contribution is 7.97. The average molecular weight is 585 g/mol. The first-order valence-electron chi connectivity index (χ1n) is 13.7. The van der Waals surface area contributed by atoms with Crippen molar-refractivity contribution < 1.29 is 13.9 Å². The number of anilines is 1. The van der Waals surface area contributed by atoms with Crippen molar-refractivity contribution in [3.05, 3.63) is 89.1 Å². The van der Waals surface area contributed by atoms with Crippen LogP contribution in [0.4, 0.5) is 14.5 Å². The van der Waals surface area contributed by atoms with Crippen LogP contribution in [-0.4, -0.2) is 70.0 Å². The summed E-state index contributed by atoms with van der Waals surface area (Å²) in [5.74, 6) is -1.50. The Morgan fingerprint density at radius 3 is 2.41 bits per heavy atom. The molecular weight excluding hydrogens is 550 g/mol. The van der Waals surface area contributed by atoms with Crippen LogP contribution >= 0.6 is 11.9 Å². The van der Waals surface area contributed by atoms with Gasteiger partial charge in [0.2, 0.25) is 0 Å². The van der Waals surface area contributed by atoms with Gasteiger partial charge in [0.15, 0.2) is 0 Å². The normalized spacial score (nSPS) is 16.6. The zero-order valence-electron chi connectivity index (χ0n) is 23.1. The summed E-state index contributed by atoms with van der Waals surface area (Å²) in [5.41, 5.74) is 0.0301. The van der Waals surface area contributed by atoms with Gasteiger partial charge in [-0.15, -0.1) is 0 Å². The van der Waals surface area contributed by atoms with Gasteiger partial charge in [-0.1, -0.05) is 31.4 Å². The predicted octanol–water partition coefficient (Wildman–Crippen LogP) is 3.45. The lowest BCUT2D eigenvalue weighted by molar-refractivity contribution is 0.0125. The standard InChI is InChI=1S/C28H34F2N8O2S/c1-3-4-11-38-27(39)37(20-33-38)24-8-6-23(7-9-24)34-12-14-36(15-13-34)41-21(2)28(40,17-35-19-31-18-32-35)25-10-5-22(29)16-26(25)30/h5-10,16,18-21,40H,3-4,11-15,17H2,1-2H3/t21-,28-/m1/s1. The van der Waals surface area contributed by atoms with Gasteiger partial charge in [0.25, 0.3) is 0 Å². The number of aryl methyl sites for hydroxylation is 1. The van der Waals surface area contributed by atoms with Crippen LogP contribution in [0.15, 0.2) is 66.2 Å². The minimum absolute atomic E-state index is 0.0168. The van der Waals surface area contributed by atoms with Gasteiger partial charge in [0, 0.05) is 50.0 Å². The third kappa shape index (κ3) is 6.36. The van der Waals surface area contributed by atoms with Crippen molar-refractivity contribution in [2.24, 2.45) is 0 Å². The molecule has 0 saturated carbocycles. The van der Waals surface area contributed by atoms with Gasteiger partial charge in [-0.3, -0.25) is 0 Å². The van der Waals surface area contributed by atoms with Crippen molar-refractivity contribution in [1.82, 2.24) is 33.4 Å². The predicted molar refractivity (Wildman–Crippen MR) is 154 cm³/mol. The molecule has 2 atom stereocenters. The molecule has 1 N–H and O–H groups in total. The van der Waals surface area contributed by atoms with Crippen molar-refractivity contribution in [2.75, 3.05) is 31.1 Å². The molecule has 1 aliphatic heterocycles. The smallest absolute Gasteiger partial charge is 0.350 e. The van der Waals surface area contributed by atoms with Crippen molar-refractivity contribution in [3.8, 4) is 5.69 Å². The number of benzene rings is 2. The Kier molecular flexibility index (Phi) is 8.85. The fourth-order valence-corrected chi connectivity index (χ4v) is 6.19. The molecule has 41 heavy (non-hydrogen) atoms. The van der Waals surface area contributed by atoms with Gasteiger partial charge in [0.1, 0.15) is 36.2 Å². The van der Waals surface area contributed by atoms with Crippen LogP contribution in [0.3, 0.4) is 0 Å². The fraction of sp³-hybridized carbons (Fsp3) is 0.429. The van der Waals surface area contributed by atoms with Crippen LogP contribution in [0.25, 0.3) is 5.69 Å². The molecule has 0 aliphatic carbocycles. The molecule has 13 heteroatoms. The van der Waals surface area contributed by atoms with E-state index in [1.54, 1.807) is 10.9 Å². The molecule has 10 nitrogen and oxygen atoms in total. The maximum absolute atomic E-state index is 14.9. The van der Waals surface area contributed by atoms with Crippen LogP contribution in [0.1, 0.15) is 32.3 Å². The minimum Gasteiger partial charge on any atom is -0.382 e. The van der Waals surface area contributed by atoms with E-state index in [4.69, 9.17) is 0 Å². The van der Waals surface area contributed by atoms with Gasteiger partial charge in [-0.05, 0) is 43.7 Å². The van der Waals surface area contributed by atoms with Gasteiger partial charge in [0.05, 0.1) is 17.5 Å². The molecular formula is C28H34F2N8O2S. The molecule has 2 aromatic carbocycles. The van der Waals surface area contributed by atoms with Crippen LogP contribution in [0.5, 0.6) is 0 Å². The van der Waals surface area contributed by atoms with Gasteiger partial charge in [-0.25, -0.2) is 36.8 Å². The Bertz CT molecular complexity index is 1490. The first kappa shape index (κ1) is 29.0. The van der Waals surface area contributed by atoms with Crippen molar-refractivity contribution in [3.63, 3.8) is 0 Å². The Labute approximate surface area is 241 Å². The van der Waals surface area contributed by atoms with Crippen LogP contribution in [-0.2, 0) is 18.7 Å². The third-order valence-corrected chi connectivity index (χ3v) is 8.80. The summed E-state index contributed by atoms with van der Waals surface area (Å²) in [6.45, 7) is 7.42. The number of piperazine rings is 1. The third-order valence-electron chi connectivity index (χ3n) is 7.44. The second-order valence-electron chi connectivity index (χ2n) is 10.2. The molecule has 0 spiro atoms. The van der Waals surface area contributed by atoms with Crippen LogP contribution < -0.4 is 10.6 Å². The van der Waals surface area contributed by atoms with Crippen molar-refractivity contribution in [1.29, 1.82) is 0 Å². The number of halogens is 2. The summed E-state index contributed by atoms with van der Waals surface area (Å²) in [4.78, 5) is 18.8. The zero-order chi connectivity index (χ0) is 29.0. The van der Waals surface area contributed by atoms with Crippen LogP contribution in [0.2, 0.25) is 0 Å². The highest BCUT2D eigenvalue weighted by Gasteiger charge is 2.41. The summed E-state index contributed by atoms with van der Waals surface area (Å²) < 4.78 is 35.2. The van der Waals surface area contributed by atoms with E-state index in [2.05, 4.69) is 31.3 Å². The fourth-order valence-electron chi connectivity index (χ4n) is 5.00. The Morgan fingerprint density at radius 2 is 1.76 bits per heavy atom. The van der Waals surface area contributed by atoms with Crippen LogP contribution in [0, 0.1) is 11.6 Å². The number of aliphatic hydroxyl groups is 1. The molecule has 4 aromatic rings. The summed E-state index contributed by atoms with van der Waals surface area (Å²) in [7, 11) is 0.